The largest absolute Gasteiger partial charge is 0.269 e. The molecule has 1 aliphatic rings. The smallest absolute Gasteiger partial charge is 0.260 e. The van der Waals surface area contributed by atoms with Crippen molar-refractivity contribution in [3.8, 4) is 11.5 Å². The molecule has 0 atom stereocenters. The summed E-state index contributed by atoms with van der Waals surface area (Å²) in [6, 6.07) is 7.59. The van der Waals surface area contributed by atoms with Crippen molar-refractivity contribution >= 4 is 27.2 Å². The first-order valence-corrected chi connectivity index (χ1v) is 22.4. The number of hydrogen-bond acceptors (Lipinski definition) is 14. The Bertz CT molecular complexity index is 1750. The first kappa shape index (κ1) is 47.0. The van der Waals surface area contributed by atoms with Gasteiger partial charge in [-0.3, -0.25) is 14.5 Å². The second-order valence-electron chi connectivity index (χ2n) is 15.0. The van der Waals surface area contributed by atoms with Gasteiger partial charge >= 0.3 is 126 Å². The molecule has 2 amide bonds. The van der Waals surface area contributed by atoms with Gasteiger partial charge in [0.25, 0.3) is 5.91 Å². The van der Waals surface area contributed by atoms with Crippen LogP contribution in [0.1, 0.15) is 63.2 Å². The predicted molar refractivity (Wildman–Crippen MR) is 215 cm³/mol. The summed E-state index contributed by atoms with van der Waals surface area (Å²) in [6.07, 6.45) is 1.66. The predicted octanol–water partition coefficient (Wildman–Crippen LogP) is -0.289. The van der Waals surface area contributed by atoms with Crippen molar-refractivity contribution in [1.29, 1.82) is 0 Å². The van der Waals surface area contributed by atoms with Gasteiger partial charge in [0.1, 0.15) is 30.3 Å². The quantitative estimate of drug-likeness (QED) is 0.0420. The molecule has 18 heteroatoms. The van der Waals surface area contributed by atoms with Gasteiger partial charge in [-0.25, -0.2) is 9.97 Å². The molecule has 4 heterocycles. The number of nitrogens with zero attached hydrogens (tertiary/aromatic N) is 7. The Labute approximate surface area is 352 Å². The Morgan fingerprint density at radius 1 is 0.931 bits per heavy atom. The Morgan fingerprint density at radius 3 is 2.22 bits per heavy atom. The topological polar surface area (TPSA) is 184 Å². The molecule has 0 aliphatic carbocycles. The van der Waals surface area contributed by atoms with Gasteiger partial charge in [0.2, 0.25) is 5.91 Å². The van der Waals surface area contributed by atoms with Crippen molar-refractivity contribution in [1.82, 2.24) is 35.4 Å². The fraction of sp³-hybridized carbons (Fsp3) is 0.625. The van der Waals surface area contributed by atoms with E-state index in [2.05, 4.69) is 55.4 Å². The molecule has 322 valence electrons. The van der Waals surface area contributed by atoms with Crippen LogP contribution in [-0.2, 0) is 52.9 Å². The molecule has 0 spiro atoms. The Balaban J connectivity index is 1.08. The molecule has 58 heavy (non-hydrogen) atoms. The fourth-order valence-corrected chi connectivity index (χ4v) is 7.48. The minimum absolute atomic E-state index is 0.0732. The maximum absolute atomic E-state index is 13.9. The van der Waals surface area contributed by atoms with E-state index >= 15 is 0 Å². The first-order valence-electron chi connectivity index (χ1n) is 19.8. The minimum Gasteiger partial charge on any atom is -0.269 e. The maximum atomic E-state index is 13.9. The van der Waals surface area contributed by atoms with E-state index in [-0.39, 0.29) is 46.9 Å². The van der Waals surface area contributed by atoms with Crippen molar-refractivity contribution in [3.63, 3.8) is 0 Å². The van der Waals surface area contributed by atoms with Gasteiger partial charge in [-0.15, -0.1) is 10.2 Å². The average molecular weight is 923 g/mol. The second-order valence-corrected chi connectivity index (χ2v) is 17.8. The van der Waals surface area contributed by atoms with E-state index in [0.717, 1.165) is 15.7 Å². The Morgan fingerprint density at radius 2 is 1.59 bits per heavy atom. The molecule has 1 aliphatic heterocycles. The summed E-state index contributed by atoms with van der Waals surface area (Å²) in [5.74, 6) is 1.52. The number of ether oxygens (including phenoxy) is 5. The number of carbonyl (C=O) groups excluding carboxylic acids is 3. The van der Waals surface area contributed by atoms with Crippen LogP contribution in [0.5, 0.6) is 0 Å². The number of pyridine rings is 2. The summed E-state index contributed by atoms with van der Waals surface area (Å²) in [5, 5.41) is 14.5. The Kier molecular flexibility index (Phi) is 19.8. The van der Waals surface area contributed by atoms with Gasteiger partial charge in [-0.2, -0.15) is 0 Å². The summed E-state index contributed by atoms with van der Waals surface area (Å²) in [7, 11) is 1.96. The zero-order chi connectivity index (χ0) is 41.9. The van der Waals surface area contributed by atoms with Crippen LogP contribution >= 0.6 is 0 Å². The van der Waals surface area contributed by atoms with Crippen LogP contribution in [0.2, 0.25) is 0 Å². The van der Waals surface area contributed by atoms with Gasteiger partial charge < -0.3 is 24.8 Å². The second kappa shape index (κ2) is 24.4. The van der Waals surface area contributed by atoms with E-state index in [1.165, 1.54) is 0 Å². The Hall–Kier alpha value is -3.66. The van der Waals surface area contributed by atoms with Crippen LogP contribution in [0.25, 0.3) is 11.5 Å². The van der Waals surface area contributed by atoms with Crippen LogP contribution in [0.4, 0.5) is 11.6 Å². The molecule has 0 fully saturated rings. The van der Waals surface area contributed by atoms with Crippen molar-refractivity contribution < 1.29 is 59.3 Å². The SMILES string of the molecule is CCn1cnnc1-c1cccc(N2Cc3c(cc(N(C)C(C)C)nc3CNCCNC(=O)COCCOCCOCCOCCOCC(=O)[I-]CC(C)(C)C)C2=O)n1. The molecule has 17 nitrogen and oxygen atoms in total. The molecular weight excluding hydrogens is 861 g/mol. The molecule has 4 rings (SSSR count). The van der Waals surface area contributed by atoms with Crippen molar-refractivity contribution in [2.75, 3.05) is 100 Å². The van der Waals surface area contributed by atoms with Crippen LogP contribution in [-0.4, -0.2) is 137 Å². The van der Waals surface area contributed by atoms with Crippen molar-refractivity contribution in [3.05, 3.63) is 47.4 Å². The maximum Gasteiger partial charge on any atom is 0.260 e. The average Bonchev–Trinajstić information content (AvgIpc) is 3.82. The number of carbonyl (C=O) groups is 3. The number of nitrogens with one attached hydrogen (secondary N) is 2. The molecule has 3 aromatic rings. The van der Waals surface area contributed by atoms with E-state index in [1.807, 2.05) is 47.7 Å². The summed E-state index contributed by atoms with van der Waals surface area (Å²) in [4.78, 5) is 51.5. The molecule has 0 radical (unpaired) electrons. The van der Waals surface area contributed by atoms with Gasteiger partial charge in [0, 0.05) is 44.8 Å². The number of aromatic nitrogens is 5. The molecule has 0 unspecified atom stereocenters. The number of anilines is 2. The van der Waals surface area contributed by atoms with Crippen LogP contribution < -0.4 is 41.6 Å². The van der Waals surface area contributed by atoms with Gasteiger partial charge in [0.15, 0.2) is 5.82 Å². The molecule has 0 aromatic carbocycles. The first-order chi connectivity index (χ1) is 27.9. The van der Waals surface area contributed by atoms with Crippen molar-refractivity contribution in [2.24, 2.45) is 5.41 Å². The number of halogens is 1. The van der Waals surface area contributed by atoms with E-state index < -0.39 is 21.2 Å². The molecule has 3 aromatic heterocycles. The van der Waals surface area contributed by atoms with E-state index in [4.69, 9.17) is 33.7 Å². The summed E-state index contributed by atoms with van der Waals surface area (Å²) >= 11 is -0.479. The van der Waals surface area contributed by atoms with E-state index in [0.29, 0.717) is 108 Å². The molecule has 2 N–H and O–H groups in total. The zero-order valence-electron chi connectivity index (χ0n) is 35.1. The number of alkyl halides is 1. The third-order valence-corrected chi connectivity index (χ3v) is 12.6. The number of aryl methyl sites for hydroxylation is 1. The van der Waals surface area contributed by atoms with E-state index in [9.17, 15) is 14.4 Å². The molecule has 0 bridgehead atoms. The van der Waals surface area contributed by atoms with Crippen LogP contribution in [0.15, 0.2) is 30.6 Å². The summed E-state index contributed by atoms with van der Waals surface area (Å²) in [6.45, 7) is 18.1. The van der Waals surface area contributed by atoms with Gasteiger partial charge in [-0.1, -0.05) is 6.07 Å². The van der Waals surface area contributed by atoms with E-state index in [1.54, 1.807) is 11.2 Å². The molecule has 0 saturated heterocycles. The normalized spacial score (nSPS) is 12.8. The zero-order valence-corrected chi connectivity index (χ0v) is 37.2. The van der Waals surface area contributed by atoms with Crippen LogP contribution in [0.3, 0.4) is 0 Å². The fourth-order valence-electron chi connectivity index (χ4n) is 5.47. The molecular formula is C40H61IN9O8-. The minimum atomic E-state index is -0.479. The third-order valence-electron chi connectivity index (χ3n) is 8.79. The number of amides is 2. The van der Waals surface area contributed by atoms with Crippen LogP contribution in [0, 0.1) is 5.41 Å². The number of rotatable bonds is 28. The van der Waals surface area contributed by atoms with Crippen molar-refractivity contribution in [2.45, 2.75) is 67.2 Å². The molecule has 0 saturated carbocycles. The summed E-state index contributed by atoms with van der Waals surface area (Å²) < 4.78 is 30.4. The number of fused-ring (bicyclic) bond motifs is 1. The standard InChI is InChI=1S/C40H61IN9O8/c1-8-49-28-44-47-38(49)32-10-9-11-35(45-32)50-24-31-30(39(50)53)22-36(48(7)29(2)3)46-33(31)23-42-12-13-43-37(52)26-58-21-19-56-17-15-54-14-16-55-18-20-57-25-34(51)41-27-40(4,5)6/h9-11,22,28-29,42H,8,12-21,23-27H2,1-7H3,(H,43,52)/q-1. The monoisotopic (exact) mass is 922 g/mol. The third kappa shape index (κ3) is 15.5. The number of hydrogen-bond donors (Lipinski definition) is 2. The summed E-state index contributed by atoms with van der Waals surface area (Å²) in [5.41, 5.74) is 3.04. The van der Waals surface area contributed by atoms with Gasteiger partial charge in [-0.05, 0) is 39.0 Å². The van der Waals surface area contributed by atoms with Gasteiger partial charge in [0.05, 0.1) is 31.0 Å².